The summed E-state index contributed by atoms with van der Waals surface area (Å²) in [6.45, 7) is 0.599. The zero-order valence-corrected chi connectivity index (χ0v) is 14.0. The van der Waals surface area contributed by atoms with Gasteiger partial charge in [0.1, 0.15) is 5.69 Å². The fourth-order valence-electron chi connectivity index (χ4n) is 3.49. The molecular formula is C14H17N3O4S2. The second-order valence-electron chi connectivity index (χ2n) is 6.08. The predicted octanol–water partition coefficient (Wildman–Crippen LogP) is 0.664. The van der Waals surface area contributed by atoms with Gasteiger partial charge in [0, 0.05) is 12.5 Å². The summed E-state index contributed by atoms with van der Waals surface area (Å²) in [6.07, 6.45) is 1.80. The first kappa shape index (κ1) is 15.1. The van der Waals surface area contributed by atoms with Crippen LogP contribution >= 0.6 is 11.3 Å². The molecule has 4 rings (SSSR count). The lowest BCUT2D eigenvalue weighted by atomic mass is 9.72. The Morgan fingerprint density at radius 3 is 3.00 bits per heavy atom. The third-order valence-electron chi connectivity index (χ3n) is 4.52. The van der Waals surface area contributed by atoms with E-state index in [-0.39, 0.29) is 24.0 Å². The molecule has 1 amide bonds. The molecule has 23 heavy (non-hydrogen) atoms. The normalized spacial score (nSPS) is 30.1. The van der Waals surface area contributed by atoms with E-state index in [0.29, 0.717) is 12.3 Å². The molecule has 4 atom stereocenters. The Bertz CT molecular complexity index is 828. The van der Waals surface area contributed by atoms with Crippen molar-refractivity contribution in [2.75, 3.05) is 12.9 Å². The van der Waals surface area contributed by atoms with Crippen LogP contribution in [0.3, 0.4) is 0 Å². The molecule has 2 aliphatic rings. The van der Waals surface area contributed by atoms with E-state index < -0.39 is 16.1 Å². The minimum Gasteiger partial charge on any atom is -0.376 e. The molecule has 1 saturated heterocycles. The zero-order chi connectivity index (χ0) is 16.2. The van der Waals surface area contributed by atoms with Gasteiger partial charge in [0.2, 0.25) is 10.0 Å². The van der Waals surface area contributed by atoms with Gasteiger partial charge in [0.05, 0.1) is 34.7 Å². The van der Waals surface area contributed by atoms with Crippen LogP contribution in [0.1, 0.15) is 16.9 Å². The first-order valence-electron chi connectivity index (χ1n) is 7.38. The Kier molecular flexibility index (Phi) is 3.49. The molecule has 7 nitrogen and oxygen atoms in total. The van der Waals surface area contributed by atoms with Crippen LogP contribution in [-0.2, 0) is 14.8 Å². The van der Waals surface area contributed by atoms with Crippen molar-refractivity contribution in [2.24, 2.45) is 5.92 Å². The van der Waals surface area contributed by atoms with Crippen LogP contribution in [0.2, 0.25) is 0 Å². The van der Waals surface area contributed by atoms with Crippen LogP contribution in [0.5, 0.6) is 0 Å². The monoisotopic (exact) mass is 355 g/mol. The molecule has 2 aromatic heterocycles. The van der Waals surface area contributed by atoms with Crippen molar-refractivity contribution in [2.45, 2.75) is 24.6 Å². The van der Waals surface area contributed by atoms with Gasteiger partial charge in [-0.3, -0.25) is 4.79 Å². The largest absolute Gasteiger partial charge is 0.376 e. The molecule has 0 bridgehead atoms. The number of amides is 1. The first-order chi connectivity index (χ1) is 10.9. The summed E-state index contributed by atoms with van der Waals surface area (Å²) in [7, 11) is -3.36. The lowest BCUT2D eigenvalue weighted by Gasteiger charge is -2.47. The van der Waals surface area contributed by atoms with Gasteiger partial charge < -0.3 is 15.0 Å². The van der Waals surface area contributed by atoms with E-state index in [4.69, 9.17) is 4.74 Å². The number of hydrogen-bond donors (Lipinski definition) is 3. The second kappa shape index (κ2) is 5.30. The molecule has 3 heterocycles. The fourth-order valence-corrected chi connectivity index (χ4v) is 5.05. The number of carbonyl (C=O) groups is 1. The number of H-pyrrole nitrogens is 1. The Balaban J connectivity index is 1.51. The molecule has 0 unspecified atom stereocenters. The number of sulfonamides is 1. The van der Waals surface area contributed by atoms with Crippen LogP contribution in [0.25, 0.3) is 10.2 Å². The third kappa shape index (κ3) is 2.67. The number of rotatable bonds is 4. The van der Waals surface area contributed by atoms with E-state index in [2.05, 4.69) is 15.0 Å². The topological polar surface area (TPSA) is 100 Å². The van der Waals surface area contributed by atoms with E-state index in [1.807, 2.05) is 17.5 Å². The number of aromatic nitrogens is 1. The fraction of sp³-hybridized carbons (Fsp3) is 0.500. The van der Waals surface area contributed by atoms with E-state index in [0.717, 1.165) is 22.9 Å². The summed E-state index contributed by atoms with van der Waals surface area (Å²) >= 11 is 1.57. The van der Waals surface area contributed by atoms with Crippen LogP contribution < -0.4 is 10.0 Å². The number of thiophene rings is 1. The smallest absolute Gasteiger partial charge is 0.268 e. The molecule has 2 aromatic rings. The highest BCUT2D eigenvalue weighted by molar-refractivity contribution is 7.88. The Morgan fingerprint density at radius 1 is 1.43 bits per heavy atom. The summed E-state index contributed by atoms with van der Waals surface area (Å²) in [5.41, 5.74) is 1.42. The molecule has 0 radical (unpaired) electrons. The predicted molar refractivity (Wildman–Crippen MR) is 87.0 cm³/mol. The Labute approximate surface area is 137 Å². The lowest BCUT2D eigenvalue weighted by Crippen LogP contribution is -2.70. The van der Waals surface area contributed by atoms with Gasteiger partial charge in [0.15, 0.2) is 0 Å². The molecule has 124 valence electrons. The number of carbonyl (C=O) groups excluding carboxylic acids is 1. The van der Waals surface area contributed by atoms with Gasteiger partial charge in [-0.2, -0.15) is 0 Å². The number of fused-ring (bicyclic) bond motifs is 2. The van der Waals surface area contributed by atoms with E-state index >= 15 is 0 Å². The van der Waals surface area contributed by atoms with Crippen molar-refractivity contribution in [1.82, 2.24) is 15.0 Å². The van der Waals surface area contributed by atoms with Crippen LogP contribution in [0.4, 0.5) is 0 Å². The van der Waals surface area contributed by atoms with Gasteiger partial charge in [-0.05, 0) is 23.9 Å². The van der Waals surface area contributed by atoms with Crippen LogP contribution in [0, 0.1) is 5.92 Å². The minimum absolute atomic E-state index is 0.151. The Hall–Kier alpha value is -1.42. The van der Waals surface area contributed by atoms with E-state index in [1.165, 1.54) is 0 Å². The van der Waals surface area contributed by atoms with Gasteiger partial charge >= 0.3 is 0 Å². The molecule has 1 aliphatic carbocycles. The molecule has 0 spiro atoms. The summed E-state index contributed by atoms with van der Waals surface area (Å²) < 4.78 is 32.2. The van der Waals surface area contributed by atoms with Crippen molar-refractivity contribution < 1.29 is 17.9 Å². The maximum Gasteiger partial charge on any atom is 0.268 e. The molecule has 9 heteroatoms. The molecular weight excluding hydrogens is 338 g/mol. The highest BCUT2D eigenvalue weighted by Crippen LogP contribution is 2.39. The van der Waals surface area contributed by atoms with Gasteiger partial charge in [0.25, 0.3) is 5.91 Å². The maximum atomic E-state index is 12.5. The number of hydrogen-bond acceptors (Lipinski definition) is 5. The molecule has 1 aliphatic heterocycles. The molecule has 0 aromatic carbocycles. The number of nitrogens with one attached hydrogen (secondary N) is 3. The van der Waals surface area contributed by atoms with Crippen LogP contribution in [-0.4, -0.2) is 50.4 Å². The SMILES string of the molecule is CS(=O)(=O)N[C@H]1[C@H](NC(=O)c2cc3sccc3[nH]2)[C@@H]2CCO[C@@H]21. The average molecular weight is 355 g/mol. The van der Waals surface area contributed by atoms with Crippen molar-refractivity contribution >= 4 is 37.5 Å². The van der Waals surface area contributed by atoms with Crippen molar-refractivity contribution in [3.05, 3.63) is 23.2 Å². The van der Waals surface area contributed by atoms with Gasteiger partial charge in [-0.25, -0.2) is 13.1 Å². The molecule has 1 saturated carbocycles. The standard InChI is InChI=1S/C14H17N3O4S2/c1-23(19,20)17-12-11(7-2-4-21-13(7)12)16-14(18)9-6-10-8(15-9)3-5-22-10/h3,5-7,11-13,15,17H,2,4H2,1H3,(H,16,18)/t7-,11+,12-,13-/m0/s1. The van der Waals surface area contributed by atoms with Crippen molar-refractivity contribution in [1.29, 1.82) is 0 Å². The Morgan fingerprint density at radius 2 is 2.26 bits per heavy atom. The summed E-state index contributed by atoms with van der Waals surface area (Å²) in [6, 6.07) is 3.09. The number of aromatic amines is 1. The zero-order valence-electron chi connectivity index (χ0n) is 12.4. The molecule has 2 fully saturated rings. The first-order valence-corrected chi connectivity index (χ1v) is 10.2. The highest BCUT2D eigenvalue weighted by Gasteiger charge is 2.55. The quantitative estimate of drug-likeness (QED) is 0.750. The van der Waals surface area contributed by atoms with Crippen molar-refractivity contribution in [3.63, 3.8) is 0 Å². The van der Waals surface area contributed by atoms with Gasteiger partial charge in [-0.15, -0.1) is 11.3 Å². The lowest BCUT2D eigenvalue weighted by molar-refractivity contribution is -0.0194. The second-order valence-corrected chi connectivity index (χ2v) is 8.81. The summed E-state index contributed by atoms with van der Waals surface area (Å²) in [4.78, 5) is 15.5. The van der Waals surface area contributed by atoms with Gasteiger partial charge in [-0.1, -0.05) is 0 Å². The third-order valence-corrected chi connectivity index (χ3v) is 6.08. The average Bonchev–Trinajstić information content (AvgIpc) is 3.14. The summed E-state index contributed by atoms with van der Waals surface area (Å²) in [5, 5.41) is 4.91. The van der Waals surface area contributed by atoms with E-state index in [9.17, 15) is 13.2 Å². The highest BCUT2D eigenvalue weighted by atomic mass is 32.2. The van der Waals surface area contributed by atoms with E-state index in [1.54, 1.807) is 11.3 Å². The van der Waals surface area contributed by atoms with Crippen molar-refractivity contribution in [3.8, 4) is 0 Å². The number of ether oxygens (including phenoxy) is 1. The molecule has 3 N–H and O–H groups in total. The maximum absolute atomic E-state index is 12.5. The van der Waals surface area contributed by atoms with Crippen LogP contribution in [0.15, 0.2) is 17.5 Å². The summed E-state index contributed by atoms with van der Waals surface area (Å²) in [5.74, 6) is -0.0571. The minimum atomic E-state index is -3.36.